The van der Waals surface area contributed by atoms with Gasteiger partial charge in [-0.1, -0.05) is 11.6 Å². The van der Waals surface area contributed by atoms with Crippen molar-refractivity contribution in [2.45, 2.75) is 17.9 Å². The van der Waals surface area contributed by atoms with E-state index < -0.39 is 37.8 Å². The quantitative estimate of drug-likeness (QED) is 0.460. The van der Waals surface area contributed by atoms with Gasteiger partial charge in [0.15, 0.2) is 0 Å². The number of nitrogens with one attached hydrogen (secondary N) is 2. The van der Waals surface area contributed by atoms with Crippen LogP contribution in [0.15, 0.2) is 77.7 Å². The van der Waals surface area contributed by atoms with Crippen molar-refractivity contribution >= 4 is 54.6 Å². The second-order valence-electron chi connectivity index (χ2n) is 7.34. The number of amides is 1. The third kappa shape index (κ3) is 6.25. The summed E-state index contributed by atoms with van der Waals surface area (Å²) in [6.45, 7) is 1.43. The lowest BCUT2D eigenvalue weighted by Gasteiger charge is -2.28. The third-order valence-electron chi connectivity index (χ3n) is 4.70. The summed E-state index contributed by atoms with van der Waals surface area (Å²) in [6, 6.07) is 15.0. The fourth-order valence-corrected chi connectivity index (χ4v) is 5.45. The Morgan fingerprint density at radius 1 is 0.882 bits per heavy atom. The van der Waals surface area contributed by atoms with Crippen molar-refractivity contribution in [3.8, 4) is 0 Å². The van der Waals surface area contributed by atoms with Gasteiger partial charge >= 0.3 is 0 Å². The van der Waals surface area contributed by atoms with Crippen molar-refractivity contribution in [3.05, 3.63) is 83.6 Å². The molecule has 180 valence electrons. The van der Waals surface area contributed by atoms with Crippen LogP contribution in [0.1, 0.15) is 6.92 Å². The number of carbonyl (C=O) groups excluding carboxylic acids is 1. The molecule has 1 amide bonds. The van der Waals surface area contributed by atoms with Crippen molar-refractivity contribution in [1.82, 2.24) is 0 Å². The minimum absolute atomic E-state index is 0.0817. The number of sulfonamides is 2. The van der Waals surface area contributed by atoms with Gasteiger partial charge in [0, 0.05) is 16.4 Å². The molecule has 0 unspecified atom stereocenters. The molecule has 12 heteroatoms. The Hall–Kier alpha value is -3.15. The minimum atomic E-state index is -3.94. The first-order chi connectivity index (χ1) is 15.9. The SMILES string of the molecule is C[C@@H](C(=O)Nc1ccc(S(=O)(=O)Nc2ccc(F)cc2)cc1)N(c1ccc(Cl)cc1)S(C)(=O)=O. The van der Waals surface area contributed by atoms with Gasteiger partial charge < -0.3 is 5.32 Å². The van der Waals surface area contributed by atoms with Gasteiger partial charge in [-0.25, -0.2) is 21.2 Å². The lowest BCUT2D eigenvalue weighted by atomic mass is 10.2. The second-order valence-corrected chi connectivity index (χ2v) is 11.3. The van der Waals surface area contributed by atoms with Crippen LogP contribution in [-0.2, 0) is 24.8 Å². The largest absolute Gasteiger partial charge is 0.324 e. The van der Waals surface area contributed by atoms with Gasteiger partial charge in [0.1, 0.15) is 11.9 Å². The Balaban J connectivity index is 1.75. The molecule has 8 nitrogen and oxygen atoms in total. The predicted molar refractivity (Wildman–Crippen MR) is 131 cm³/mol. The highest BCUT2D eigenvalue weighted by Gasteiger charge is 2.29. The first kappa shape index (κ1) is 25.5. The second kappa shape index (κ2) is 10.00. The molecule has 0 bridgehead atoms. The van der Waals surface area contributed by atoms with Gasteiger partial charge in [-0.05, 0) is 79.7 Å². The summed E-state index contributed by atoms with van der Waals surface area (Å²) in [4.78, 5) is 12.7. The smallest absolute Gasteiger partial charge is 0.261 e. The van der Waals surface area contributed by atoms with E-state index in [2.05, 4.69) is 10.0 Å². The predicted octanol–water partition coefficient (Wildman–Crippen LogP) is 4.07. The van der Waals surface area contributed by atoms with Crippen LogP contribution in [0, 0.1) is 5.82 Å². The van der Waals surface area contributed by atoms with Crippen molar-refractivity contribution in [2.75, 3.05) is 20.6 Å². The van der Waals surface area contributed by atoms with Gasteiger partial charge in [0.05, 0.1) is 16.8 Å². The molecular weight excluding hydrogens is 505 g/mol. The fraction of sp³-hybridized carbons (Fsp3) is 0.136. The third-order valence-corrected chi connectivity index (χ3v) is 7.59. The minimum Gasteiger partial charge on any atom is -0.324 e. The Kier molecular flexibility index (Phi) is 7.49. The molecule has 34 heavy (non-hydrogen) atoms. The van der Waals surface area contributed by atoms with E-state index in [1.165, 1.54) is 67.6 Å². The number of carbonyl (C=O) groups is 1. The van der Waals surface area contributed by atoms with Crippen molar-refractivity contribution in [3.63, 3.8) is 0 Å². The van der Waals surface area contributed by atoms with Crippen LogP contribution in [0.2, 0.25) is 5.02 Å². The Morgan fingerprint density at radius 3 is 1.94 bits per heavy atom. The van der Waals surface area contributed by atoms with E-state index in [4.69, 9.17) is 11.6 Å². The molecule has 0 aromatic heterocycles. The number of benzene rings is 3. The summed E-state index contributed by atoms with van der Waals surface area (Å²) in [5.74, 6) is -1.12. The average Bonchev–Trinajstić information content (AvgIpc) is 2.76. The van der Waals surface area contributed by atoms with Crippen molar-refractivity contribution in [2.24, 2.45) is 0 Å². The van der Waals surface area contributed by atoms with Gasteiger partial charge in [-0.15, -0.1) is 0 Å². The zero-order valence-corrected chi connectivity index (χ0v) is 20.5. The first-order valence-electron chi connectivity index (χ1n) is 9.81. The molecule has 0 heterocycles. The molecule has 0 aliphatic rings. The van der Waals surface area contributed by atoms with Crippen molar-refractivity contribution < 1.29 is 26.0 Å². The van der Waals surface area contributed by atoms with Crippen LogP contribution < -0.4 is 14.3 Å². The molecule has 0 fully saturated rings. The maximum Gasteiger partial charge on any atom is 0.261 e. The van der Waals surface area contributed by atoms with E-state index in [9.17, 15) is 26.0 Å². The fourth-order valence-electron chi connectivity index (χ4n) is 3.09. The highest BCUT2D eigenvalue weighted by atomic mass is 35.5. The zero-order chi connectivity index (χ0) is 25.1. The lowest BCUT2D eigenvalue weighted by Crippen LogP contribution is -2.45. The summed E-state index contributed by atoms with van der Waals surface area (Å²) in [5, 5.41) is 3.00. The molecular formula is C22H21ClFN3O5S2. The maximum atomic E-state index is 13.0. The molecule has 0 radical (unpaired) electrons. The van der Waals surface area contributed by atoms with E-state index in [1.54, 1.807) is 0 Å². The van der Waals surface area contributed by atoms with Crippen LogP contribution in [0.4, 0.5) is 21.5 Å². The Labute approximate surface area is 202 Å². The number of nitrogens with zero attached hydrogens (tertiary/aromatic N) is 1. The van der Waals surface area contributed by atoms with Crippen LogP contribution >= 0.6 is 11.6 Å². The van der Waals surface area contributed by atoms with Crippen LogP contribution in [0.5, 0.6) is 0 Å². The highest BCUT2D eigenvalue weighted by molar-refractivity contribution is 7.92. The summed E-state index contributed by atoms with van der Waals surface area (Å²) >= 11 is 5.87. The topological polar surface area (TPSA) is 113 Å². The summed E-state index contributed by atoms with van der Waals surface area (Å²) < 4.78 is 66.1. The molecule has 0 saturated heterocycles. The Bertz CT molecular complexity index is 1380. The van der Waals surface area contributed by atoms with Gasteiger partial charge in [0.25, 0.3) is 10.0 Å². The first-order valence-corrected chi connectivity index (χ1v) is 13.5. The molecule has 3 aromatic carbocycles. The summed E-state index contributed by atoms with van der Waals surface area (Å²) in [6.07, 6.45) is 0.985. The van der Waals surface area contributed by atoms with Gasteiger partial charge in [-0.2, -0.15) is 0 Å². The lowest BCUT2D eigenvalue weighted by molar-refractivity contribution is -0.116. The standard InChI is InChI=1S/C22H21ClFN3O5S2/c1-15(27(33(2,29)30)20-11-3-16(23)4-12-20)22(28)25-18-9-13-21(14-10-18)34(31,32)26-19-7-5-17(24)6-8-19/h3-15,26H,1-2H3,(H,25,28)/t15-/m0/s1. The highest BCUT2D eigenvalue weighted by Crippen LogP contribution is 2.24. The molecule has 0 aliphatic heterocycles. The van der Waals surface area contributed by atoms with Gasteiger partial charge in [-0.3, -0.25) is 13.8 Å². The number of hydrogen-bond acceptors (Lipinski definition) is 5. The monoisotopic (exact) mass is 525 g/mol. The zero-order valence-electron chi connectivity index (χ0n) is 18.1. The van der Waals surface area contributed by atoms with Crippen LogP contribution in [0.25, 0.3) is 0 Å². The number of anilines is 3. The normalized spacial score (nSPS) is 12.6. The van der Waals surface area contributed by atoms with Crippen molar-refractivity contribution in [1.29, 1.82) is 0 Å². The molecule has 2 N–H and O–H groups in total. The van der Waals surface area contributed by atoms with E-state index in [-0.39, 0.29) is 22.0 Å². The van der Waals surface area contributed by atoms with E-state index in [0.29, 0.717) is 5.02 Å². The van der Waals surface area contributed by atoms with E-state index >= 15 is 0 Å². The molecule has 0 aliphatic carbocycles. The van der Waals surface area contributed by atoms with E-state index in [1.807, 2.05) is 0 Å². The number of rotatable bonds is 8. The number of hydrogen-bond donors (Lipinski definition) is 2. The maximum absolute atomic E-state index is 13.0. The van der Waals surface area contributed by atoms with Crippen LogP contribution in [0.3, 0.4) is 0 Å². The van der Waals surface area contributed by atoms with E-state index in [0.717, 1.165) is 22.7 Å². The summed E-state index contributed by atoms with van der Waals surface area (Å²) in [7, 11) is -7.75. The molecule has 0 saturated carbocycles. The average molecular weight is 526 g/mol. The molecule has 1 atom stereocenters. The molecule has 0 spiro atoms. The van der Waals surface area contributed by atoms with Gasteiger partial charge in [0.2, 0.25) is 15.9 Å². The molecule has 3 aromatic rings. The number of halogens is 2. The molecule has 3 rings (SSSR count). The van der Waals surface area contributed by atoms with Crippen LogP contribution in [-0.4, -0.2) is 35.0 Å². The Morgan fingerprint density at radius 2 is 1.41 bits per heavy atom. The summed E-state index contributed by atoms with van der Waals surface area (Å²) in [5.41, 5.74) is 0.723.